The molecule has 1 saturated carbocycles. The van der Waals surface area contributed by atoms with E-state index in [-0.39, 0.29) is 53.4 Å². The predicted molar refractivity (Wildman–Crippen MR) is 155 cm³/mol. The monoisotopic (exact) mass is 609 g/mol. The zero-order valence-electron chi connectivity index (χ0n) is 24.6. The molecule has 3 aliphatic rings. The number of benzene rings is 1. The lowest BCUT2D eigenvalue weighted by Crippen LogP contribution is -2.65. The average Bonchev–Trinajstić information content (AvgIpc) is 3.37. The molecule has 0 radical (unpaired) electrons. The molecule has 6 rings (SSSR count). The molecular formula is C32H34F3N5O4. The van der Waals surface area contributed by atoms with Crippen molar-refractivity contribution in [3.8, 4) is 22.9 Å². The van der Waals surface area contributed by atoms with Gasteiger partial charge in [-0.05, 0) is 62.6 Å². The number of alkyl halides is 2. The summed E-state index contributed by atoms with van der Waals surface area (Å²) in [6.07, 6.45) is 3.25. The summed E-state index contributed by atoms with van der Waals surface area (Å²) in [6.45, 7) is 4.43. The smallest absolute Gasteiger partial charge is 0.274 e. The van der Waals surface area contributed by atoms with Crippen molar-refractivity contribution in [2.75, 3.05) is 32.8 Å². The first-order chi connectivity index (χ1) is 21.0. The average molecular weight is 610 g/mol. The van der Waals surface area contributed by atoms with Crippen molar-refractivity contribution in [2.45, 2.75) is 51.2 Å². The van der Waals surface area contributed by atoms with Crippen molar-refractivity contribution in [2.24, 2.45) is 5.41 Å². The summed E-state index contributed by atoms with van der Waals surface area (Å²) in [7, 11) is 0. The van der Waals surface area contributed by atoms with Crippen LogP contribution in [0.4, 0.5) is 13.3 Å². The van der Waals surface area contributed by atoms with Crippen molar-refractivity contribution >= 4 is 11.8 Å². The van der Waals surface area contributed by atoms with Crippen LogP contribution in [0.1, 0.15) is 59.5 Å². The van der Waals surface area contributed by atoms with Crippen LogP contribution in [-0.2, 0) is 5.92 Å². The third-order valence-corrected chi connectivity index (χ3v) is 8.45. The third-order valence-electron chi connectivity index (χ3n) is 8.45. The third kappa shape index (κ3) is 6.08. The predicted octanol–water partition coefficient (Wildman–Crippen LogP) is 5.03. The molecule has 2 aliphatic heterocycles. The Morgan fingerprint density at radius 2 is 1.93 bits per heavy atom. The SMILES string of the molecule is CCOc1ncccc1-c1ccc(OC2CC3(C2)CN(C(=O)c2cccc(C(C)(F)F)c2)C3)c(C(=O)NC2CCN(F)C2)n1. The minimum Gasteiger partial charge on any atom is -0.488 e. The molecule has 1 spiro atoms. The molecule has 0 bridgehead atoms. The van der Waals surface area contributed by atoms with Gasteiger partial charge in [0.1, 0.15) is 6.10 Å². The molecule has 9 nitrogen and oxygen atoms in total. The van der Waals surface area contributed by atoms with E-state index in [2.05, 4.69) is 15.3 Å². The highest BCUT2D eigenvalue weighted by atomic mass is 19.3. The number of carbonyl (C=O) groups is 2. The summed E-state index contributed by atoms with van der Waals surface area (Å²) >= 11 is 0. The Bertz CT molecular complexity index is 1550. The molecular weight excluding hydrogens is 575 g/mol. The molecule has 1 atom stereocenters. The normalized spacial score (nSPS) is 19.8. The number of nitrogens with zero attached hydrogens (tertiary/aromatic N) is 4. The molecule has 1 unspecified atom stereocenters. The second-order valence-electron chi connectivity index (χ2n) is 11.9. The van der Waals surface area contributed by atoms with E-state index >= 15 is 0 Å². The van der Waals surface area contributed by atoms with Gasteiger partial charge in [0.2, 0.25) is 5.88 Å². The summed E-state index contributed by atoms with van der Waals surface area (Å²) in [5, 5.41) is 3.55. The van der Waals surface area contributed by atoms with Crippen LogP contribution in [0.25, 0.3) is 11.3 Å². The number of pyridine rings is 2. The Kier molecular flexibility index (Phi) is 7.95. The van der Waals surface area contributed by atoms with Crippen LogP contribution >= 0.6 is 0 Å². The maximum atomic E-state index is 13.8. The maximum Gasteiger partial charge on any atom is 0.274 e. The Labute approximate surface area is 253 Å². The van der Waals surface area contributed by atoms with E-state index in [1.165, 1.54) is 18.2 Å². The summed E-state index contributed by atoms with van der Waals surface area (Å²) < 4.78 is 53.1. The fraction of sp³-hybridized carbons (Fsp3) is 0.438. The maximum absolute atomic E-state index is 13.8. The minimum atomic E-state index is -3.03. The molecule has 3 aromatic rings. The number of carbonyl (C=O) groups excluding carboxylic acids is 2. The lowest BCUT2D eigenvalue weighted by atomic mass is 9.61. The van der Waals surface area contributed by atoms with Crippen molar-refractivity contribution < 1.29 is 32.3 Å². The van der Waals surface area contributed by atoms with Gasteiger partial charge in [-0.3, -0.25) is 9.59 Å². The van der Waals surface area contributed by atoms with Gasteiger partial charge in [-0.25, -0.2) is 18.7 Å². The Balaban J connectivity index is 1.14. The van der Waals surface area contributed by atoms with Crippen molar-refractivity contribution in [1.82, 2.24) is 25.3 Å². The van der Waals surface area contributed by atoms with Crippen LogP contribution in [0.3, 0.4) is 0 Å². The summed E-state index contributed by atoms with van der Waals surface area (Å²) in [6, 6.07) is 12.3. The second kappa shape index (κ2) is 11.7. The number of likely N-dealkylation sites (tertiary alicyclic amines) is 1. The second-order valence-corrected chi connectivity index (χ2v) is 11.9. The standard InChI is InChI=1S/C32H34F3N5O4/c1-3-43-29-24(8-5-12-36-29)25-9-10-26(27(38-25)28(41)37-22-11-13-40(35)17-22)44-23-15-32(16-23)18-39(19-32)30(42)20-6-4-7-21(14-20)31(2,33)34/h4-10,12,14,22-23H,3,11,13,15-19H2,1-2H3,(H,37,41). The van der Waals surface area contributed by atoms with Crippen molar-refractivity contribution in [3.05, 3.63) is 71.5 Å². The van der Waals surface area contributed by atoms with E-state index in [9.17, 15) is 22.9 Å². The number of nitrogens with one attached hydrogen (secondary N) is 1. The molecule has 1 aliphatic carbocycles. The van der Waals surface area contributed by atoms with Gasteiger partial charge < -0.3 is 19.7 Å². The van der Waals surface area contributed by atoms with Crippen LogP contribution in [0.15, 0.2) is 54.7 Å². The van der Waals surface area contributed by atoms with E-state index < -0.39 is 11.8 Å². The van der Waals surface area contributed by atoms with Crippen molar-refractivity contribution in [1.29, 1.82) is 0 Å². The Morgan fingerprint density at radius 3 is 2.64 bits per heavy atom. The molecule has 4 heterocycles. The zero-order valence-corrected chi connectivity index (χ0v) is 24.6. The number of amides is 2. The first-order valence-electron chi connectivity index (χ1n) is 14.8. The van der Waals surface area contributed by atoms with Gasteiger partial charge in [-0.15, -0.1) is 9.60 Å². The van der Waals surface area contributed by atoms with E-state index in [1.807, 2.05) is 13.0 Å². The molecule has 2 amide bonds. The van der Waals surface area contributed by atoms with E-state index in [0.717, 1.165) is 6.92 Å². The highest BCUT2D eigenvalue weighted by Crippen LogP contribution is 2.50. The lowest BCUT2D eigenvalue weighted by Gasteiger charge is -2.58. The van der Waals surface area contributed by atoms with E-state index in [4.69, 9.17) is 9.47 Å². The quantitative estimate of drug-likeness (QED) is 0.340. The van der Waals surface area contributed by atoms with Gasteiger partial charge in [0.05, 0.1) is 17.9 Å². The van der Waals surface area contributed by atoms with Crippen LogP contribution < -0.4 is 14.8 Å². The fourth-order valence-electron chi connectivity index (χ4n) is 6.22. The summed E-state index contributed by atoms with van der Waals surface area (Å²) in [4.78, 5) is 37.0. The molecule has 2 aromatic heterocycles. The number of aromatic nitrogens is 2. The number of halogens is 3. The Hall–Kier alpha value is -4.19. The topological polar surface area (TPSA) is 96.9 Å². The molecule has 12 heteroatoms. The van der Waals surface area contributed by atoms with Gasteiger partial charge in [0.25, 0.3) is 17.7 Å². The largest absolute Gasteiger partial charge is 0.488 e. The number of hydrogen-bond acceptors (Lipinski definition) is 7. The van der Waals surface area contributed by atoms with E-state index in [0.29, 0.717) is 67.0 Å². The highest BCUT2D eigenvalue weighted by molar-refractivity contribution is 5.96. The highest BCUT2D eigenvalue weighted by Gasteiger charge is 2.55. The van der Waals surface area contributed by atoms with Gasteiger partial charge in [0.15, 0.2) is 11.4 Å². The van der Waals surface area contributed by atoms with Gasteiger partial charge >= 0.3 is 0 Å². The van der Waals surface area contributed by atoms with Crippen LogP contribution in [0.5, 0.6) is 11.6 Å². The van der Waals surface area contributed by atoms with Gasteiger partial charge in [-0.1, -0.05) is 12.1 Å². The first kappa shape index (κ1) is 29.9. The first-order valence-corrected chi connectivity index (χ1v) is 14.8. The molecule has 232 valence electrons. The molecule has 1 aromatic carbocycles. The van der Waals surface area contributed by atoms with Crippen LogP contribution in [0.2, 0.25) is 0 Å². The molecule has 2 saturated heterocycles. The zero-order chi connectivity index (χ0) is 31.1. The Morgan fingerprint density at radius 1 is 1.14 bits per heavy atom. The number of hydrogen-bond donors (Lipinski definition) is 1. The van der Waals surface area contributed by atoms with Crippen LogP contribution in [-0.4, -0.2) is 76.7 Å². The summed E-state index contributed by atoms with van der Waals surface area (Å²) in [5.74, 6) is -3.05. The minimum absolute atomic E-state index is 0.0880. The van der Waals surface area contributed by atoms with Crippen molar-refractivity contribution in [3.63, 3.8) is 0 Å². The molecule has 44 heavy (non-hydrogen) atoms. The van der Waals surface area contributed by atoms with Crippen LogP contribution in [0, 0.1) is 5.41 Å². The van der Waals surface area contributed by atoms with E-state index in [1.54, 1.807) is 35.4 Å². The fourth-order valence-corrected chi connectivity index (χ4v) is 6.22. The molecule has 3 fully saturated rings. The summed E-state index contributed by atoms with van der Waals surface area (Å²) in [5.41, 5.74) is 1.14. The number of ether oxygens (including phenoxy) is 2. The van der Waals surface area contributed by atoms with Gasteiger partial charge in [0, 0.05) is 61.9 Å². The van der Waals surface area contributed by atoms with Gasteiger partial charge in [-0.2, -0.15) is 0 Å². The molecule has 1 N–H and O–H groups in total. The number of rotatable bonds is 9. The lowest BCUT2D eigenvalue weighted by molar-refractivity contribution is -0.103.